The molecule has 0 radical (unpaired) electrons. The number of nitrogens with two attached hydrogens (primary N) is 1. The molecule has 0 saturated heterocycles. The summed E-state index contributed by atoms with van der Waals surface area (Å²) >= 11 is 0. The van der Waals surface area contributed by atoms with E-state index in [0.29, 0.717) is 12.3 Å². The number of methoxy groups -OCH3 is 1. The Balaban J connectivity index is 1.84. The zero-order chi connectivity index (χ0) is 14.7. The summed E-state index contributed by atoms with van der Waals surface area (Å²) in [6.45, 7) is 0. The van der Waals surface area contributed by atoms with Crippen molar-refractivity contribution in [3.8, 4) is 5.88 Å². The Morgan fingerprint density at radius 2 is 1.86 bits per heavy atom. The van der Waals surface area contributed by atoms with Crippen molar-refractivity contribution in [1.29, 1.82) is 0 Å². The summed E-state index contributed by atoms with van der Waals surface area (Å²) in [4.78, 5) is 8.25. The first-order valence-electron chi connectivity index (χ1n) is 6.85. The van der Waals surface area contributed by atoms with Crippen molar-refractivity contribution in [2.75, 3.05) is 7.11 Å². The molecule has 2 N–H and O–H groups in total. The van der Waals surface area contributed by atoms with Crippen molar-refractivity contribution in [3.63, 3.8) is 0 Å². The van der Waals surface area contributed by atoms with Crippen molar-refractivity contribution in [2.24, 2.45) is 5.73 Å². The number of hydrogen-bond acceptors (Lipinski definition) is 4. The molecule has 0 spiro atoms. The second kappa shape index (κ2) is 5.89. The van der Waals surface area contributed by atoms with E-state index in [4.69, 9.17) is 10.5 Å². The minimum atomic E-state index is -0.103. The van der Waals surface area contributed by atoms with Crippen molar-refractivity contribution < 1.29 is 4.74 Å². The number of benzene rings is 2. The molecule has 21 heavy (non-hydrogen) atoms. The molecule has 0 aliphatic heterocycles. The topological polar surface area (TPSA) is 61.0 Å². The normalized spacial score (nSPS) is 12.3. The molecule has 0 fully saturated rings. The van der Waals surface area contributed by atoms with Gasteiger partial charge in [0.05, 0.1) is 7.11 Å². The summed E-state index contributed by atoms with van der Waals surface area (Å²) < 4.78 is 5.11. The minimum Gasteiger partial charge on any atom is -0.481 e. The smallest absolute Gasteiger partial charge is 0.216 e. The van der Waals surface area contributed by atoms with E-state index >= 15 is 0 Å². The molecule has 4 heteroatoms. The third-order valence-corrected chi connectivity index (χ3v) is 3.54. The number of hydrogen-bond donors (Lipinski definition) is 1. The third kappa shape index (κ3) is 3.01. The van der Waals surface area contributed by atoms with Gasteiger partial charge in [-0.25, -0.2) is 9.97 Å². The lowest BCUT2D eigenvalue weighted by molar-refractivity contribution is 0.395. The molecule has 3 rings (SSSR count). The summed E-state index contributed by atoms with van der Waals surface area (Å²) in [6, 6.07) is 16.3. The maximum absolute atomic E-state index is 6.31. The molecule has 1 atom stereocenters. The summed E-state index contributed by atoms with van der Waals surface area (Å²) in [5, 5.41) is 2.42. The molecule has 0 aliphatic rings. The van der Waals surface area contributed by atoms with Gasteiger partial charge in [0.1, 0.15) is 6.33 Å². The zero-order valence-electron chi connectivity index (χ0n) is 11.9. The molecule has 0 saturated carbocycles. The van der Waals surface area contributed by atoms with Gasteiger partial charge in [-0.3, -0.25) is 0 Å². The SMILES string of the molecule is COc1cc(CC(N)c2ccc3ccccc3c2)ncn1. The summed E-state index contributed by atoms with van der Waals surface area (Å²) in [7, 11) is 1.59. The first-order chi connectivity index (χ1) is 10.3. The van der Waals surface area contributed by atoms with Gasteiger partial charge >= 0.3 is 0 Å². The van der Waals surface area contributed by atoms with Crippen molar-refractivity contribution >= 4 is 10.8 Å². The monoisotopic (exact) mass is 279 g/mol. The highest BCUT2D eigenvalue weighted by Gasteiger charge is 2.09. The number of rotatable bonds is 4. The Morgan fingerprint density at radius 3 is 2.67 bits per heavy atom. The van der Waals surface area contributed by atoms with Crippen LogP contribution in [0.1, 0.15) is 17.3 Å². The highest BCUT2D eigenvalue weighted by Crippen LogP contribution is 2.21. The molecule has 3 aromatic rings. The Bertz CT molecular complexity index is 758. The first-order valence-corrected chi connectivity index (χ1v) is 6.85. The molecule has 0 aliphatic carbocycles. The van der Waals surface area contributed by atoms with Crippen LogP contribution in [-0.4, -0.2) is 17.1 Å². The number of ether oxygens (including phenoxy) is 1. The summed E-state index contributed by atoms with van der Waals surface area (Å²) in [5.41, 5.74) is 8.29. The lowest BCUT2D eigenvalue weighted by Gasteiger charge is -2.13. The fourth-order valence-corrected chi connectivity index (χ4v) is 2.38. The van der Waals surface area contributed by atoms with Gasteiger partial charge in [0.15, 0.2) is 0 Å². The van der Waals surface area contributed by atoms with Gasteiger partial charge in [-0.1, -0.05) is 36.4 Å². The van der Waals surface area contributed by atoms with Gasteiger partial charge in [0, 0.05) is 24.2 Å². The Hall–Kier alpha value is -2.46. The van der Waals surface area contributed by atoms with Gasteiger partial charge in [-0.2, -0.15) is 0 Å². The molecule has 106 valence electrons. The van der Waals surface area contributed by atoms with E-state index < -0.39 is 0 Å². The van der Waals surface area contributed by atoms with Crippen LogP contribution in [0.25, 0.3) is 10.8 Å². The standard InChI is InChI=1S/C17H17N3O/c1-21-17-10-15(19-11-20-17)9-16(18)14-7-6-12-4-2-3-5-13(12)8-14/h2-8,10-11,16H,9,18H2,1H3. The largest absolute Gasteiger partial charge is 0.481 e. The average molecular weight is 279 g/mol. The first kappa shape index (κ1) is 13.5. The van der Waals surface area contributed by atoms with Crippen LogP contribution in [0.4, 0.5) is 0 Å². The Kier molecular flexibility index (Phi) is 3.79. The third-order valence-electron chi connectivity index (χ3n) is 3.54. The Labute approximate surface area is 123 Å². The van der Waals surface area contributed by atoms with Gasteiger partial charge < -0.3 is 10.5 Å². The van der Waals surface area contributed by atoms with Crippen LogP contribution in [0, 0.1) is 0 Å². The fraction of sp³-hybridized carbons (Fsp3) is 0.176. The van der Waals surface area contributed by atoms with E-state index in [9.17, 15) is 0 Å². The molecule has 1 heterocycles. The fourth-order valence-electron chi connectivity index (χ4n) is 2.38. The number of nitrogens with zero attached hydrogens (tertiary/aromatic N) is 2. The van der Waals surface area contributed by atoms with E-state index in [2.05, 4.69) is 40.3 Å². The molecule has 0 bridgehead atoms. The highest BCUT2D eigenvalue weighted by molar-refractivity contribution is 5.83. The molecule has 0 amide bonds. The van der Waals surface area contributed by atoms with Gasteiger partial charge in [0.25, 0.3) is 0 Å². The zero-order valence-corrected chi connectivity index (χ0v) is 11.9. The van der Waals surface area contributed by atoms with Crippen LogP contribution >= 0.6 is 0 Å². The number of fused-ring (bicyclic) bond motifs is 1. The van der Waals surface area contributed by atoms with E-state index in [1.165, 1.54) is 17.1 Å². The van der Waals surface area contributed by atoms with Gasteiger partial charge in [-0.05, 0) is 22.4 Å². The lowest BCUT2D eigenvalue weighted by Crippen LogP contribution is -2.14. The van der Waals surface area contributed by atoms with E-state index in [0.717, 1.165) is 11.3 Å². The van der Waals surface area contributed by atoms with Crippen LogP contribution in [-0.2, 0) is 6.42 Å². The van der Waals surface area contributed by atoms with Crippen LogP contribution in [0.5, 0.6) is 5.88 Å². The second-order valence-electron chi connectivity index (χ2n) is 4.97. The average Bonchev–Trinajstić information content (AvgIpc) is 2.54. The quantitative estimate of drug-likeness (QED) is 0.797. The maximum atomic E-state index is 6.31. The molecule has 1 aromatic heterocycles. The molecule has 1 unspecified atom stereocenters. The molecule has 2 aromatic carbocycles. The minimum absolute atomic E-state index is 0.103. The van der Waals surface area contributed by atoms with Crippen molar-refractivity contribution in [3.05, 3.63) is 66.1 Å². The predicted octanol–water partition coefficient (Wildman–Crippen LogP) is 2.88. The van der Waals surface area contributed by atoms with Crippen molar-refractivity contribution in [1.82, 2.24) is 9.97 Å². The summed E-state index contributed by atoms with van der Waals surface area (Å²) in [5.74, 6) is 0.561. The van der Waals surface area contributed by atoms with Crippen LogP contribution in [0.2, 0.25) is 0 Å². The Morgan fingerprint density at radius 1 is 1.05 bits per heavy atom. The lowest BCUT2D eigenvalue weighted by atomic mass is 9.99. The van der Waals surface area contributed by atoms with Crippen LogP contribution in [0.3, 0.4) is 0 Å². The van der Waals surface area contributed by atoms with Crippen LogP contribution < -0.4 is 10.5 Å². The second-order valence-corrected chi connectivity index (χ2v) is 4.97. The molecule has 4 nitrogen and oxygen atoms in total. The van der Waals surface area contributed by atoms with Gasteiger partial charge in [-0.15, -0.1) is 0 Å². The molecular formula is C17H17N3O. The molecular weight excluding hydrogens is 262 g/mol. The number of aromatic nitrogens is 2. The summed E-state index contributed by atoms with van der Waals surface area (Å²) in [6.07, 6.45) is 2.15. The maximum Gasteiger partial charge on any atom is 0.216 e. The van der Waals surface area contributed by atoms with Gasteiger partial charge in [0.2, 0.25) is 5.88 Å². The van der Waals surface area contributed by atoms with Crippen molar-refractivity contribution in [2.45, 2.75) is 12.5 Å². The van der Waals surface area contributed by atoms with E-state index in [1.54, 1.807) is 7.11 Å². The van der Waals surface area contributed by atoms with E-state index in [-0.39, 0.29) is 6.04 Å². The predicted molar refractivity (Wildman–Crippen MR) is 83.2 cm³/mol. The van der Waals surface area contributed by atoms with E-state index in [1.807, 2.05) is 18.2 Å². The van der Waals surface area contributed by atoms with Crippen LogP contribution in [0.15, 0.2) is 54.9 Å². The highest BCUT2D eigenvalue weighted by atomic mass is 16.5.